The Morgan fingerprint density at radius 1 is 1.09 bits per heavy atom. The number of hydrogen-bond donors (Lipinski definition) is 3. The van der Waals surface area contributed by atoms with Gasteiger partial charge in [-0.3, -0.25) is 0 Å². The zero-order valence-corrected chi connectivity index (χ0v) is 21.3. The standard InChI is InChI=1S/C29H37NO4.ClH/c1-30-15-14-29-21-17-28(18-31,13-7-3-6-10-19-8-4-2-5-9-19)26(33)27(29)34-25-23(32)12-11-20(24(25)29)16-22(21)30;/h2,4-5,8-9,11-12,21-22,26-27,31-33H,3,6-7,10,13-18H2,1H3;1H/t21?,22?,26-,27?,28+,29?;/m0./s1. The minimum Gasteiger partial charge on any atom is -0.504 e. The molecule has 35 heavy (non-hydrogen) atoms. The van der Waals surface area contributed by atoms with Crippen molar-refractivity contribution in [2.45, 2.75) is 75.0 Å². The normalized spacial score (nSPS) is 34.6. The van der Waals surface area contributed by atoms with Crippen LogP contribution >= 0.6 is 12.4 Å². The van der Waals surface area contributed by atoms with E-state index in [-0.39, 0.29) is 30.2 Å². The number of piperidine rings is 1. The molecule has 0 aromatic heterocycles. The van der Waals surface area contributed by atoms with Crippen molar-refractivity contribution in [3.8, 4) is 11.5 Å². The highest BCUT2D eigenvalue weighted by Crippen LogP contribution is 2.66. The van der Waals surface area contributed by atoms with Crippen LogP contribution in [0, 0.1) is 11.3 Å². The Kier molecular flexibility index (Phi) is 6.58. The van der Waals surface area contributed by atoms with Gasteiger partial charge in [-0.1, -0.05) is 49.2 Å². The summed E-state index contributed by atoms with van der Waals surface area (Å²) in [5.74, 6) is 1.08. The molecule has 0 radical (unpaired) electrons. The molecule has 2 heterocycles. The van der Waals surface area contributed by atoms with Crippen LogP contribution in [0.2, 0.25) is 0 Å². The van der Waals surface area contributed by atoms with E-state index in [4.69, 9.17) is 4.74 Å². The zero-order valence-electron chi connectivity index (χ0n) is 20.5. The molecule has 2 aromatic carbocycles. The first kappa shape index (κ1) is 24.9. The van der Waals surface area contributed by atoms with Gasteiger partial charge in [-0.25, -0.2) is 0 Å². The fourth-order valence-electron chi connectivity index (χ4n) is 8.00. The topological polar surface area (TPSA) is 73.2 Å². The summed E-state index contributed by atoms with van der Waals surface area (Å²) in [5, 5.41) is 33.2. The van der Waals surface area contributed by atoms with Crippen LogP contribution in [0.5, 0.6) is 11.5 Å². The lowest BCUT2D eigenvalue weighted by Gasteiger charge is -2.62. The van der Waals surface area contributed by atoms with Crippen LogP contribution in [0.4, 0.5) is 0 Å². The maximum Gasteiger partial charge on any atom is 0.165 e. The minimum absolute atomic E-state index is 0. The summed E-state index contributed by atoms with van der Waals surface area (Å²) < 4.78 is 6.47. The highest BCUT2D eigenvalue weighted by atomic mass is 35.5. The van der Waals surface area contributed by atoms with E-state index in [1.165, 1.54) is 11.1 Å². The van der Waals surface area contributed by atoms with Crippen LogP contribution in [-0.2, 0) is 18.3 Å². The van der Waals surface area contributed by atoms with Crippen molar-refractivity contribution in [3.63, 3.8) is 0 Å². The number of nitrogens with zero attached hydrogens (tertiary/aromatic N) is 1. The maximum atomic E-state index is 11.8. The van der Waals surface area contributed by atoms with Gasteiger partial charge in [0.2, 0.25) is 0 Å². The molecular weight excluding hydrogens is 462 g/mol. The van der Waals surface area contributed by atoms with Crippen molar-refractivity contribution in [2.75, 3.05) is 20.2 Å². The molecule has 2 bridgehead atoms. The third-order valence-electron chi connectivity index (χ3n) is 9.78. The summed E-state index contributed by atoms with van der Waals surface area (Å²) in [6.45, 7) is 0.943. The molecule has 6 atom stereocenters. The molecule has 2 aliphatic heterocycles. The number of aryl methyl sites for hydroxylation is 1. The molecule has 2 aromatic rings. The monoisotopic (exact) mass is 499 g/mol. The van der Waals surface area contributed by atoms with Gasteiger partial charge < -0.3 is 25.0 Å². The van der Waals surface area contributed by atoms with E-state index >= 15 is 0 Å². The van der Waals surface area contributed by atoms with Gasteiger partial charge in [-0.05, 0) is 75.2 Å². The molecular formula is C29H38ClNO4. The Hall–Kier alpha value is -1.79. The van der Waals surface area contributed by atoms with Crippen molar-refractivity contribution in [1.82, 2.24) is 4.90 Å². The lowest BCUT2D eigenvalue weighted by Crippen LogP contribution is -2.70. The van der Waals surface area contributed by atoms with Gasteiger partial charge in [0.05, 0.1) is 12.7 Å². The maximum absolute atomic E-state index is 11.8. The van der Waals surface area contributed by atoms with Crippen molar-refractivity contribution in [1.29, 1.82) is 0 Å². The number of aliphatic hydroxyl groups is 2. The van der Waals surface area contributed by atoms with Crippen LogP contribution in [-0.4, -0.2) is 58.7 Å². The van der Waals surface area contributed by atoms with Crippen LogP contribution in [0.1, 0.15) is 55.2 Å². The highest BCUT2D eigenvalue weighted by molar-refractivity contribution is 5.85. The fourth-order valence-corrected chi connectivity index (χ4v) is 8.00. The number of likely N-dealkylation sites (tertiary alicyclic amines) is 1. The second-order valence-corrected chi connectivity index (χ2v) is 11.4. The Morgan fingerprint density at radius 3 is 2.66 bits per heavy atom. The van der Waals surface area contributed by atoms with E-state index in [2.05, 4.69) is 48.3 Å². The Labute approximate surface area is 214 Å². The van der Waals surface area contributed by atoms with Gasteiger partial charge in [0.1, 0.15) is 6.10 Å². The van der Waals surface area contributed by atoms with Gasteiger partial charge in [0.25, 0.3) is 0 Å². The molecule has 1 spiro atoms. The number of aliphatic hydroxyl groups excluding tert-OH is 2. The van der Waals surface area contributed by atoms with Crippen LogP contribution in [0.25, 0.3) is 0 Å². The Morgan fingerprint density at radius 2 is 1.89 bits per heavy atom. The van der Waals surface area contributed by atoms with E-state index in [0.717, 1.165) is 63.5 Å². The predicted octanol–water partition coefficient (Wildman–Crippen LogP) is 4.24. The smallest absolute Gasteiger partial charge is 0.165 e. The van der Waals surface area contributed by atoms with E-state index < -0.39 is 17.6 Å². The average molecular weight is 500 g/mol. The number of benzene rings is 2. The van der Waals surface area contributed by atoms with Crippen molar-refractivity contribution in [2.24, 2.45) is 11.3 Å². The number of phenolic OH excluding ortho intramolecular Hbond substituents is 1. The predicted molar refractivity (Wildman–Crippen MR) is 138 cm³/mol. The third-order valence-corrected chi connectivity index (χ3v) is 9.78. The first-order valence-electron chi connectivity index (χ1n) is 13.1. The molecule has 0 amide bonds. The van der Waals surface area contributed by atoms with Crippen LogP contribution < -0.4 is 4.74 Å². The molecule has 6 rings (SSSR count). The molecule has 6 heteroatoms. The van der Waals surface area contributed by atoms with Crippen LogP contribution in [0.3, 0.4) is 0 Å². The molecule has 2 aliphatic carbocycles. The number of halogens is 1. The Balaban J connectivity index is 0.00000253. The third kappa shape index (κ3) is 3.61. The number of rotatable bonds is 7. The van der Waals surface area contributed by atoms with Gasteiger partial charge in [-0.15, -0.1) is 12.4 Å². The molecule has 3 N–H and O–H groups in total. The largest absolute Gasteiger partial charge is 0.504 e. The first-order valence-corrected chi connectivity index (χ1v) is 13.1. The summed E-state index contributed by atoms with van der Waals surface area (Å²) >= 11 is 0. The molecule has 4 unspecified atom stereocenters. The zero-order chi connectivity index (χ0) is 23.5. The number of unbranched alkanes of at least 4 members (excludes halogenated alkanes) is 2. The van der Waals surface area contributed by atoms with Crippen molar-refractivity contribution >= 4 is 12.4 Å². The summed E-state index contributed by atoms with van der Waals surface area (Å²) in [4.78, 5) is 2.47. The molecule has 1 saturated carbocycles. The Bertz CT molecular complexity index is 1060. The molecule has 5 nitrogen and oxygen atoms in total. The fraction of sp³-hybridized carbons (Fsp3) is 0.586. The van der Waals surface area contributed by atoms with Gasteiger partial charge in [0.15, 0.2) is 11.5 Å². The van der Waals surface area contributed by atoms with E-state index in [1.807, 2.05) is 0 Å². The van der Waals surface area contributed by atoms with E-state index in [0.29, 0.717) is 17.7 Å². The molecule has 1 saturated heterocycles. The summed E-state index contributed by atoms with van der Waals surface area (Å²) in [6, 6.07) is 14.8. The quantitative estimate of drug-likeness (QED) is 0.497. The number of ether oxygens (including phenoxy) is 1. The van der Waals surface area contributed by atoms with Gasteiger partial charge in [-0.2, -0.15) is 0 Å². The minimum atomic E-state index is -0.746. The number of likely N-dealkylation sites (N-methyl/N-ethyl adjacent to an activating group) is 1. The first-order chi connectivity index (χ1) is 16.5. The average Bonchev–Trinajstić information content (AvgIpc) is 3.21. The summed E-state index contributed by atoms with van der Waals surface area (Å²) in [6.07, 6.45) is 6.58. The second kappa shape index (κ2) is 9.26. The lowest BCUT2D eigenvalue weighted by atomic mass is 9.46. The lowest BCUT2D eigenvalue weighted by molar-refractivity contribution is -0.179. The molecule has 4 aliphatic rings. The number of phenols is 1. The van der Waals surface area contributed by atoms with Gasteiger partial charge in [0, 0.05) is 22.4 Å². The highest BCUT2D eigenvalue weighted by Gasteiger charge is 2.69. The van der Waals surface area contributed by atoms with Crippen LogP contribution in [0.15, 0.2) is 42.5 Å². The van der Waals surface area contributed by atoms with Crippen molar-refractivity contribution in [3.05, 3.63) is 59.2 Å². The van der Waals surface area contributed by atoms with Gasteiger partial charge >= 0.3 is 0 Å². The molecule has 190 valence electrons. The van der Waals surface area contributed by atoms with E-state index in [9.17, 15) is 15.3 Å². The molecule has 2 fully saturated rings. The number of hydrogen-bond acceptors (Lipinski definition) is 5. The van der Waals surface area contributed by atoms with E-state index in [1.54, 1.807) is 6.07 Å². The second-order valence-electron chi connectivity index (χ2n) is 11.4. The SMILES string of the molecule is CN1CCC23c4c5ccc(O)c4OC2[C@H](O)[C@](CO)(CCCCCc2ccccc2)CC3C1C5.Cl. The summed E-state index contributed by atoms with van der Waals surface area (Å²) in [5.41, 5.74) is 2.96. The summed E-state index contributed by atoms with van der Waals surface area (Å²) in [7, 11) is 2.21. The van der Waals surface area contributed by atoms with Crippen molar-refractivity contribution < 1.29 is 20.1 Å². The number of aromatic hydroxyl groups is 1.